The minimum absolute atomic E-state index is 0.0532. The van der Waals surface area contributed by atoms with E-state index in [-0.39, 0.29) is 11.9 Å². The minimum atomic E-state index is -0.543. The highest BCUT2D eigenvalue weighted by Gasteiger charge is 2.19. The Morgan fingerprint density at radius 2 is 1.54 bits per heavy atom. The fourth-order valence-corrected chi connectivity index (χ4v) is 2.81. The van der Waals surface area contributed by atoms with E-state index in [1.807, 2.05) is 32.9 Å². The van der Waals surface area contributed by atoms with Gasteiger partial charge in [0.1, 0.15) is 5.75 Å². The van der Waals surface area contributed by atoms with Gasteiger partial charge < -0.3 is 10.1 Å². The van der Waals surface area contributed by atoms with Crippen molar-refractivity contribution in [2.45, 2.75) is 53.7 Å². The topological polar surface area (TPSA) is 38.3 Å². The lowest BCUT2D eigenvalue weighted by Gasteiger charge is -2.21. The van der Waals surface area contributed by atoms with Crippen LogP contribution >= 0.6 is 0 Å². The van der Waals surface area contributed by atoms with E-state index in [0.29, 0.717) is 0 Å². The van der Waals surface area contributed by atoms with Gasteiger partial charge in [-0.05, 0) is 64.3 Å². The maximum absolute atomic E-state index is 12.5. The number of aryl methyl sites for hydroxylation is 4. The highest BCUT2D eigenvalue weighted by Crippen LogP contribution is 2.21. The van der Waals surface area contributed by atoms with Crippen LogP contribution < -0.4 is 10.1 Å². The molecule has 0 radical (unpaired) electrons. The van der Waals surface area contributed by atoms with Crippen LogP contribution in [0.5, 0.6) is 5.75 Å². The molecule has 0 aliphatic rings. The molecule has 2 aromatic carbocycles. The van der Waals surface area contributed by atoms with Crippen LogP contribution in [-0.2, 0) is 4.79 Å². The number of nitrogens with one attached hydrogen (secondary N) is 1. The van der Waals surface area contributed by atoms with E-state index >= 15 is 0 Å². The predicted octanol–water partition coefficient (Wildman–Crippen LogP) is 4.56. The summed E-state index contributed by atoms with van der Waals surface area (Å²) < 4.78 is 5.84. The zero-order valence-electron chi connectivity index (χ0n) is 15.4. The molecule has 0 saturated carbocycles. The van der Waals surface area contributed by atoms with Gasteiger partial charge >= 0.3 is 0 Å². The number of hydrogen-bond acceptors (Lipinski definition) is 2. The van der Waals surface area contributed by atoms with Crippen molar-refractivity contribution < 1.29 is 9.53 Å². The summed E-state index contributed by atoms with van der Waals surface area (Å²) in [5.41, 5.74) is 5.73. The minimum Gasteiger partial charge on any atom is -0.481 e. The first kappa shape index (κ1) is 18.1. The summed E-state index contributed by atoms with van der Waals surface area (Å²) in [4.78, 5) is 12.5. The smallest absolute Gasteiger partial charge is 0.261 e. The molecule has 0 aliphatic carbocycles. The Morgan fingerprint density at radius 3 is 2.21 bits per heavy atom. The van der Waals surface area contributed by atoms with Gasteiger partial charge in [-0.1, -0.05) is 41.5 Å². The Kier molecular flexibility index (Phi) is 5.66. The molecule has 3 nitrogen and oxygen atoms in total. The molecule has 2 atom stereocenters. The quantitative estimate of drug-likeness (QED) is 0.875. The van der Waals surface area contributed by atoms with Gasteiger partial charge in [0, 0.05) is 0 Å². The molecule has 2 unspecified atom stereocenters. The molecule has 1 N–H and O–H groups in total. The maximum Gasteiger partial charge on any atom is 0.261 e. The molecule has 24 heavy (non-hydrogen) atoms. The Labute approximate surface area is 145 Å². The lowest BCUT2D eigenvalue weighted by molar-refractivity contribution is -0.127. The molecule has 128 valence electrons. The van der Waals surface area contributed by atoms with E-state index in [1.165, 1.54) is 16.7 Å². The van der Waals surface area contributed by atoms with Crippen molar-refractivity contribution in [3.8, 4) is 5.75 Å². The Hall–Kier alpha value is -2.29. The molecule has 3 heteroatoms. The zero-order valence-corrected chi connectivity index (χ0v) is 15.4. The van der Waals surface area contributed by atoms with E-state index in [1.54, 1.807) is 6.92 Å². The van der Waals surface area contributed by atoms with E-state index in [9.17, 15) is 4.79 Å². The van der Waals surface area contributed by atoms with Crippen molar-refractivity contribution in [2.75, 3.05) is 0 Å². The molecule has 1 amide bonds. The zero-order chi connectivity index (χ0) is 17.9. The summed E-state index contributed by atoms with van der Waals surface area (Å²) in [5, 5.41) is 3.05. The van der Waals surface area contributed by atoms with Crippen molar-refractivity contribution in [3.05, 3.63) is 64.2 Å². The third kappa shape index (κ3) is 4.38. The first-order valence-corrected chi connectivity index (χ1v) is 8.39. The van der Waals surface area contributed by atoms with E-state index in [2.05, 4.69) is 43.4 Å². The molecular weight excluding hydrogens is 298 g/mol. The number of carbonyl (C=O) groups is 1. The van der Waals surface area contributed by atoms with Crippen LogP contribution in [0.3, 0.4) is 0 Å². The molecule has 2 rings (SSSR count). The average molecular weight is 325 g/mol. The Morgan fingerprint density at radius 1 is 0.917 bits per heavy atom. The Bertz CT molecular complexity index is 737. The lowest BCUT2D eigenvalue weighted by atomic mass is 10.00. The van der Waals surface area contributed by atoms with Gasteiger partial charge in [0.15, 0.2) is 6.10 Å². The van der Waals surface area contributed by atoms with E-state index < -0.39 is 6.10 Å². The number of carbonyl (C=O) groups excluding carboxylic acids is 1. The van der Waals surface area contributed by atoms with Gasteiger partial charge in [-0.3, -0.25) is 4.79 Å². The first-order chi connectivity index (χ1) is 11.3. The largest absolute Gasteiger partial charge is 0.481 e. The first-order valence-electron chi connectivity index (χ1n) is 8.39. The van der Waals surface area contributed by atoms with Crippen molar-refractivity contribution in [3.63, 3.8) is 0 Å². The fourth-order valence-electron chi connectivity index (χ4n) is 2.81. The fraction of sp³-hybridized carbons (Fsp3) is 0.381. The molecule has 0 aromatic heterocycles. The molecule has 0 fully saturated rings. The molecule has 0 bridgehead atoms. The number of ether oxygens (including phenoxy) is 1. The highest BCUT2D eigenvalue weighted by atomic mass is 16.5. The monoisotopic (exact) mass is 325 g/mol. The summed E-state index contributed by atoms with van der Waals surface area (Å²) in [5.74, 6) is 0.644. The molecular formula is C21H27NO2. The summed E-state index contributed by atoms with van der Waals surface area (Å²) in [6.45, 7) is 11.9. The van der Waals surface area contributed by atoms with Crippen molar-refractivity contribution in [1.82, 2.24) is 5.32 Å². The van der Waals surface area contributed by atoms with Gasteiger partial charge in [0.25, 0.3) is 5.91 Å². The summed E-state index contributed by atoms with van der Waals surface area (Å²) in [7, 11) is 0. The standard InChI is InChI=1S/C21H27NO2/c1-13-8-10-20(16(4)11-13)24-18(6)21(23)22-17(5)19-12-14(2)7-9-15(19)3/h7-12,17-18H,1-6H3,(H,22,23). The number of rotatable bonds is 5. The van der Waals surface area contributed by atoms with Crippen LogP contribution in [0.25, 0.3) is 0 Å². The Balaban J connectivity index is 2.04. The van der Waals surface area contributed by atoms with Crippen LogP contribution in [0.1, 0.15) is 47.7 Å². The van der Waals surface area contributed by atoms with Crippen LogP contribution in [0.4, 0.5) is 0 Å². The molecule has 0 spiro atoms. The normalized spacial score (nSPS) is 13.2. The van der Waals surface area contributed by atoms with Gasteiger partial charge in [0.05, 0.1) is 6.04 Å². The SMILES string of the molecule is Cc1ccc(OC(C)C(=O)NC(C)c2cc(C)ccc2C)c(C)c1. The van der Waals surface area contributed by atoms with Gasteiger partial charge in [-0.2, -0.15) is 0 Å². The second-order valence-electron chi connectivity index (χ2n) is 6.62. The number of amides is 1. The van der Waals surface area contributed by atoms with Crippen molar-refractivity contribution in [1.29, 1.82) is 0 Å². The van der Waals surface area contributed by atoms with Gasteiger partial charge in [0.2, 0.25) is 0 Å². The maximum atomic E-state index is 12.5. The van der Waals surface area contributed by atoms with E-state index in [0.717, 1.165) is 16.9 Å². The van der Waals surface area contributed by atoms with Gasteiger partial charge in [-0.15, -0.1) is 0 Å². The third-order valence-electron chi connectivity index (χ3n) is 4.26. The van der Waals surface area contributed by atoms with E-state index in [4.69, 9.17) is 4.74 Å². The molecule has 0 aliphatic heterocycles. The van der Waals surface area contributed by atoms with Crippen LogP contribution in [-0.4, -0.2) is 12.0 Å². The average Bonchev–Trinajstić information content (AvgIpc) is 2.52. The second-order valence-corrected chi connectivity index (χ2v) is 6.62. The second kappa shape index (κ2) is 7.52. The van der Waals surface area contributed by atoms with Crippen LogP contribution in [0.15, 0.2) is 36.4 Å². The van der Waals surface area contributed by atoms with Crippen LogP contribution in [0.2, 0.25) is 0 Å². The third-order valence-corrected chi connectivity index (χ3v) is 4.26. The summed E-state index contributed by atoms with van der Waals surface area (Å²) >= 11 is 0. The van der Waals surface area contributed by atoms with Crippen molar-refractivity contribution in [2.24, 2.45) is 0 Å². The molecule has 0 saturated heterocycles. The lowest BCUT2D eigenvalue weighted by Crippen LogP contribution is -2.38. The van der Waals surface area contributed by atoms with Gasteiger partial charge in [-0.25, -0.2) is 0 Å². The summed E-state index contributed by atoms with van der Waals surface area (Å²) in [6.07, 6.45) is -0.543. The predicted molar refractivity (Wildman–Crippen MR) is 98.5 cm³/mol. The highest BCUT2D eigenvalue weighted by molar-refractivity contribution is 5.81. The molecule has 0 heterocycles. The van der Waals surface area contributed by atoms with Crippen LogP contribution in [0, 0.1) is 27.7 Å². The van der Waals surface area contributed by atoms with Crippen molar-refractivity contribution >= 4 is 5.91 Å². The molecule has 2 aromatic rings. The summed E-state index contributed by atoms with van der Waals surface area (Å²) in [6, 6.07) is 12.2. The number of hydrogen-bond donors (Lipinski definition) is 1. The number of benzene rings is 2.